The zero-order chi connectivity index (χ0) is 7.11. The molecule has 3 nitrogen and oxygen atoms in total. The molecule has 0 aromatic rings. The van der Waals surface area contributed by atoms with Gasteiger partial charge in [-0.05, 0) is 0 Å². The van der Waals surface area contributed by atoms with Crippen molar-refractivity contribution >= 4 is 5.91 Å². The molecule has 0 saturated heterocycles. The van der Waals surface area contributed by atoms with Gasteiger partial charge in [0.05, 0.1) is 0 Å². The zero-order valence-corrected chi connectivity index (χ0v) is 5.31. The summed E-state index contributed by atoms with van der Waals surface area (Å²) in [5, 5.41) is 2.39. The third kappa shape index (κ3) is 4.85. The SMILES string of the molecule is C#CCOCC(=O)NC. The second-order valence-corrected chi connectivity index (χ2v) is 1.37. The molecule has 0 atom stereocenters. The van der Waals surface area contributed by atoms with Crippen molar-refractivity contribution in [1.29, 1.82) is 0 Å². The summed E-state index contributed by atoms with van der Waals surface area (Å²) >= 11 is 0. The van der Waals surface area contributed by atoms with Gasteiger partial charge >= 0.3 is 0 Å². The fourth-order valence-corrected chi connectivity index (χ4v) is 0.275. The first-order valence-electron chi connectivity index (χ1n) is 2.53. The minimum atomic E-state index is -0.162. The molecule has 3 heteroatoms. The van der Waals surface area contributed by atoms with E-state index in [-0.39, 0.29) is 19.1 Å². The molecule has 0 aliphatic rings. The first-order chi connectivity index (χ1) is 4.31. The molecule has 0 aromatic heterocycles. The van der Waals surface area contributed by atoms with Gasteiger partial charge in [-0.25, -0.2) is 0 Å². The van der Waals surface area contributed by atoms with Crippen LogP contribution in [-0.4, -0.2) is 26.2 Å². The summed E-state index contributed by atoms with van der Waals surface area (Å²) in [5.41, 5.74) is 0. The second kappa shape index (κ2) is 5.13. The number of carbonyl (C=O) groups is 1. The predicted octanol–water partition coefficient (Wildman–Crippen LogP) is -0.618. The van der Waals surface area contributed by atoms with Crippen molar-refractivity contribution in [2.24, 2.45) is 0 Å². The summed E-state index contributed by atoms with van der Waals surface area (Å²) in [7, 11) is 1.54. The third-order valence-electron chi connectivity index (χ3n) is 0.697. The lowest BCUT2D eigenvalue weighted by molar-refractivity contribution is -0.124. The monoisotopic (exact) mass is 127 g/mol. The Balaban J connectivity index is 3.09. The van der Waals surface area contributed by atoms with Crippen molar-refractivity contribution in [3.8, 4) is 12.3 Å². The molecule has 0 unspecified atom stereocenters. The van der Waals surface area contributed by atoms with Crippen LogP contribution in [0.1, 0.15) is 0 Å². The normalized spacial score (nSPS) is 8.00. The molecule has 0 bridgehead atoms. The van der Waals surface area contributed by atoms with Crippen LogP contribution in [-0.2, 0) is 9.53 Å². The number of likely N-dealkylation sites (N-methyl/N-ethyl adjacent to an activating group) is 1. The largest absolute Gasteiger partial charge is 0.359 e. The van der Waals surface area contributed by atoms with Crippen LogP contribution >= 0.6 is 0 Å². The van der Waals surface area contributed by atoms with Crippen molar-refractivity contribution in [2.75, 3.05) is 20.3 Å². The number of terminal acetylenes is 1. The fourth-order valence-electron chi connectivity index (χ4n) is 0.275. The fraction of sp³-hybridized carbons (Fsp3) is 0.500. The topological polar surface area (TPSA) is 38.3 Å². The third-order valence-corrected chi connectivity index (χ3v) is 0.697. The highest BCUT2D eigenvalue weighted by Gasteiger charge is 1.93. The van der Waals surface area contributed by atoms with E-state index >= 15 is 0 Å². The number of amides is 1. The van der Waals surface area contributed by atoms with E-state index in [2.05, 4.69) is 16.0 Å². The number of hydrogen-bond donors (Lipinski definition) is 1. The number of carbonyl (C=O) groups excluding carboxylic acids is 1. The summed E-state index contributed by atoms with van der Waals surface area (Å²) in [6, 6.07) is 0. The van der Waals surface area contributed by atoms with Crippen LogP contribution in [0.2, 0.25) is 0 Å². The standard InChI is InChI=1S/C6H9NO2/c1-3-4-9-5-6(8)7-2/h1H,4-5H2,2H3,(H,7,8). The Morgan fingerprint density at radius 2 is 2.56 bits per heavy atom. The van der Waals surface area contributed by atoms with E-state index in [9.17, 15) is 4.79 Å². The molecule has 0 aliphatic heterocycles. The molecule has 50 valence electrons. The molecule has 9 heavy (non-hydrogen) atoms. The molecule has 0 spiro atoms. The van der Waals surface area contributed by atoms with Gasteiger partial charge in [0, 0.05) is 7.05 Å². The van der Waals surface area contributed by atoms with Gasteiger partial charge < -0.3 is 10.1 Å². The maximum absolute atomic E-state index is 10.4. The van der Waals surface area contributed by atoms with Crippen molar-refractivity contribution in [1.82, 2.24) is 5.32 Å². The quantitative estimate of drug-likeness (QED) is 0.405. The van der Waals surface area contributed by atoms with Crippen LogP contribution in [0.5, 0.6) is 0 Å². The van der Waals surface area contributed by atoms with Gasteiger partial charge in [0.1, 0.15) is 13.2 Å². The molecule has 1 amide bonds. The summed E-state index contributed by atoms with van der Waals surface area (Å²) in [6.45, 7) is 0.230. The lowest BCUT2D eigenvalue weighted by Gasteiger charge is -1.96. The van der Waals surface area contributed by atoms with Crippen molar-refractivity contribution in [3.05, 3.63) is 0 Å². The van der Waals surface area contributed by atoms with E-state index in [1.165, 1.54) is 0 Å². The van der Waals surface area contributed by atoms with E-state index in [0.717, 1.165) is 0 Å². The highest BCUT2D eigenvalue weighted by molar-refractivity contribution is 5.76. The maximum atomic E-state index is 10.4. The Labute approximate surface area is 54.4 Å². The average molecular weight is 127 g/mol. The first kappa shape index (κ1) is 7.99. The molecule has 0 radical (unpaired) electrons. The molecule has 0 rings (SSSR count). The van der Waals surface area contributed by atoms with Gasteiger partial charge in [0.2, 0.25) is 5.91 Å². The van der Waals surface area contributed by atoms with Crippen molar-refractivity contribution in [3.63, 3.8) is 0 Å². The van der Waals surface area contributed by atoms with Gasteiger partial charge in [-0.1, -0.05) is 5.92 Å². The van der Waals surface area contributed by atoms with Crippen LogP contribution < -0.4 is 5.32 Å². The molecular formula is C6H9NO2. The second-order valence-electron chi connectivity index (χ2n) is 1.37. The van der Waals surface area contributed by atoms with E-state index < -0.39 is 0 Å². The molecule has 0 heterocycles. The smallest absolute Gasteiger partial charge is 0.245 e. The van der Waals surface area contributed by atoms with Crippen LogP contribution in [0, 0.1) is 12.3 Å². The Morgan fingerprint density at radius 3 is 3.00 bits per heavy atom. The van der Waals surface area contributed by atoms with Gasteiger partial charge in [0.15, 0.2) is 0 Å². The van der Waals surface area contributed by atoms with Crippen LogP contribution in [0.3, 0.4) is 0 Å². The van der Waals surface area contributed by atoms with E-state index in [0.29, 0.717) is 0 Å². The Morgan fingerprint density at radius 1 is 1.89 bits per heavy atom. The molecular weight excluding hydrogens is 118 g/mol. The van der Waals surface area contributed by atoms with Gasteiger partial charge in [0.25, 0.3) is 0 Å². The molecule has 0 aliphatic carbocycles. The van der Waals surface area contributed by atoms with Gasteiger partial charge in [-0.15, -0.1) is 6.42 Å². The maximum Gasteiger partial charge on any atom is 0.245 e. The summed E-state index contributed by atoms with van der Waals surface area (Å²) < 4.78 is 4.69. The van der Waals surface area contributed by atoms with E-state index in [1.54, 1.807) is 7.05 Å². The number of rotatable bonds is 3. The molecule has 1 N–H and O–H groups in total. The Bertz CT molecular complexity index is 126. The highest BCUT2D eigenvalue weighted by atomic mass is 16.5. The van der Waals surface area contributed by atoms with Crippen LogP contribution in [0.25, 0.3) is 0 Å². The number of hydrogen-bond acceptors (Lipinski definition) is 2. The predicted molar refractivity (Wildman–Crippen MR) is 33.7 cm³/mol. The average Bonchev–Trinajstić information content (AvgIpc) is 1.89. The van der Waals surface area contributed by atoms with Crippen LogP contribution in [0.4, 0.5) is 0 Å². The molecule has 0 fully saturated rings. The molecule has 0 aromatic carbocycles. The summed E-state index contributed by atoms with van der Waals surface area (Å²) in [5.74, 6) is 2.08. The Hall–Kier alpha value is -1.01. The highest BCUT2D eigenvalue weighted by Crippen LogP contribution is 1.70. The summed E-state index contributed by atoms with van der Waals surface area (Å²) in [4.78, 5) is 10.4. The van der Waals surface area contributed by atoms with E-state index in [4.69, 9.17) is 6.42 Å². The number of nitrogens with one attached hydrogen (secondary N) is 1. The summed E-state index contributed by atoms with van der Waals surface area (Å²) in [6.07, 6.45) is 4.85. The number of ether oxygens (including phenoxy) is 1. The Kier molecular flexibility index (Phi) is 4.56. The van der Waals surface area contributed by atoms with Gasteiger partial charge in [-0.2, -0.15) is 0 Å². The van der Waals surface area contributed by atoms with E-state index in [1.807, 2.05) is 0 Å². The minimum absolute atomic E-state index is 0.0424. The minimum Gasteiger partial charge on any atom is -0.359 e. The zero-order valence-electron chi connectivity index (χ0n) is 5.31. The lowest BCUT2D eigenvalue weighted by atomic mass is 10.6. The lowest BCUT2D eigenvalue weighted by Crippen LogP contribution is -2.23. The van der Waals surface area contributed by atoms with Crippen molar-refractivity contribution in [2.45, 2.75) is 0 Å². The first-order valence-corrected chi connectivity index (χ1v) is 2.53. The molecule has 0 saturated carbocycles. The van der Waals surface area contributed by atoms with Gasteiger partial charge in [-0.3, -0.25) is 4.79 Å². The van der Waals surface area contributed by atoms with Crippen molar-refractivity contribution < 1.29 is 9.53 Å². The van der Waals surface area contributed by atoms with Crippen LogP contribution in [0.15, 0.2) is 0 Å².